The van der Waals surface area contributed by atoms with Gasteiger partial charge in [0.1, 0.15) is 11.1 Å². The molecule has 1 fully saturated rings. The Labute approximate surface area is 160 Å². The van der Waals surface area contributed by atoms with E-state index in [1.54, 1.807) is 0 Å². The number of halogens is 1. The fourth-order valence-corrected chi connectivity index (χ4v) is 4.49. The lowest BCUT2D eigenvalue weighted by Crippen LogP contribution is -2.34. The van der Waals surface area contributed by atoms with Gasteiger partial charge in [-0.3, -0.25) is 0 Å². The standard InChI is InChI=1S/C18H19BrN2OS2/c1-2-22-16-9-7-15(8-10-16)20-18(23)21-11-12-24-17(21)13-3-5-14(19)6-4-13/h3-10,17H,2,11-12H2,1H3,(H,20,23)/t17-/m0/s1. The van der Waals surface area contributed by atoms with Gasteiger partial charge in [0.2, 0.25) is 0 Å². The summed E-state index contributed by atoms with van der Waals surface area (Å²) in [5.74, 6) is 1.95. The van der Waals surface area contributed by atoms with Crippen LogP contribution in [0.1, 0.15) is 17.9 Å². The molecular weight excluding hydrogens is 404 g/mol. The first kappa shape index (κ1) is 17.6. The Hall–Kier alpha value is -1.24. The molecule has 2 aromatic rings. The molecule has 0 aliphatic carbocycles. The quantitative estimate of drug-likeness (QED) is 0.674. The Balaban J connectivity index is 1.68. The van der Waals surface area contributed by atoms with Gasteiger partial charge in [-0.05, 0) is 61.1 Å². The van der Waals surface area contributed by atoms with Crippen LogP contribution in [-0.4, -0.2) is 28.9 Å². The highest BCUT2D eigenvalue weighted by Crippen LogP contribution is 2.38. The summed E-state index contributed by atoms with van der Waals surface area (Å²) in [7, 11) is 0. The Bertz CT molecular complexity index is 691. The zero-order valence-electron chi connectivity index (χ0n) is 13.4. The molecule has 2 aromatic carbocycles. The van der Waals surface area contributed by atoms with E-state index in [0.29, 0.717) is 6.61 Å². The smallest absolute Gasteiger partial charge is 0.174 e. The molecule has 1 aliphatic heterocycles. The van der Waals surface area contributed by atoms with Crippen LogP contribution in [-0.2, 0) is 0 Å². The van der Waals surface area contributed by atoms with Crippen LogP contribution in [0.3, 0.4) is 0 Å². The van der Waals surface area contributed by atoms with E-state index in [2.05, 4.69) is 50.4 Å². The van der Waals surface area contributed by atoms with Crippen LogP contribution in [0.2, 0.25) is 0 Å². The molecule has 126 valence electrons. The number of hydrogen-bond donors (Lipinski definition) is 1. The Morgan fingerprint density at radius 3 is 2.62 bits per heavy atom. The first-order valence-electron chi connectivity index (χ1n) is 7.85. The molecule has 1 aliphatic rings. The molecule has 24 heavy (non-hydrogen) atoms. The predicted octanol–water partition coefficient (Wildman–Crippen LogP) is 5.29. The molecule has 3 rings (SSSR count). The summed E-state index contributed by atoms with van der Waals surface area (Å²) in [5.41, 5.74) is 2.26. The maximum absolute atomic E-state index is 5.64. The molecule has 3 nitrogen and oxygen atoms in total. The number of hydrogen-bond acceptors (Lipinski definition) is 3. The number of rotatable bonds is 4. The van der Waals surface area contributed by atoms with Crippen molar-refractivity contribution in [2.45, 2.75) is 12.3 Å². The number of benzene rings is 2. The predicted molar refractivity (Wildman–Crippen MR) is 110 cm³/mol. The van der Waals surface area contributed by atoms with Crippen LogP contribution in [0.5, 0.6) is 5.75 Å². The Kier molecular flexibility index (Phi) is 6.03. The molecule has 0 radical (unpaired) electrons. The van der Waals surface area contributed by atoms with Gasteiger partial charge in [0.05, 0.1) is 6.61 Å². The molecule has 1 heterocycles. The third-order valence-electron chi connectivity index (χ3n) is 3.72. The number of thiocarbonyl (C=S) groups is 1. The van der Waals surface area contributed by atoms with Gasteiger partial charge >= 0.3 is 0 Å². The molecule has 0 spiro atoms. The van der Waals surface area contributed by atoms with Crippen molar-refractivity contribution in [3.05, 3.63) is 58.6 Å². The van der Waals surface area contributed by atoms with Gasteiger partial charge in [0.25, 0.3) is 0 Å². The molecule has 1 N–H and O–H groups in total. The normalized spacial score (nSPS) is 16.9. The van der Waals surface area contributed by atoms with Crippen molar-refractivity contribution in [2.24, 2.45) is 0 Å². The number of thioether (sulfide) groups is 1. The minimum Gasteiger partial charge on any atom is -0.494 e. The molecular formula is C18H19BrN2OS2. The molecule has 1 atom stereocenters. The van der Waals surface area contributed by atoms with Gasteiger partial charge in [0, 0.05) is 22.5 Å². The lowest BCUT2D eigenvalue weighted by atomic mass is 10.2. The highest BCUT2D eigenvalue weighted by atomic mass is 79.9. The molecule has 0 saturated carbocycles. The summed E-state index contributed by atoms with van der Waals surface area (Å²) in [6.45, 7) is 3.61. The van der Waals surface area contributed by atoms with Gasteiger partial charge in [-0.25, -0.2) is 0 Å². The first-order valence-corrected chi connectivity index (χ1v) is 10.1. The summed E-state index contributed by atoms with van der Waals surface area (Å²) in [6, 6.07) is 16.4. The molecule has 0 aromatic heterocycles. The van der Waals surface area contributed by atoms with Crippen LogP contribution in [0, 0.1) is 0 Å². The maximum Gasteiger partial charge on any atom is 0.174 e. The van der Waals surface area contributed by atoms with E-state index in [0.717, 1.165) is 33.3 Å². The molecule has 0 amide bonds. The van der Waals surface area contributed by atoms with E-state index < -0.39 is 0 Å². The fourth-order valence-electron chi connectivity index (χ4n) is 2.58. The largest absolute Gasteiger partial charge is 0.494 e. The number of nitrogens with one attached hydrogen (secondary N) is 1. The minimum atomic E-state index is 0.265. The number of anilines is 1. The van der Waals surface area contributed by atoms with Crippen molar-refractivity contribution in [3.8, 4) is 5.75 Å². The number of nitrogens with zero attached hydrogens (tertiary/aromatic N) is 1. The third-order valence-corrected chi connectivity index (χ3v) is 5.85. The van der Waals surface area contributed by atoms with Gasteiger partial charge in [0.15, 0.2) is 5.11 Å². The van der Waals surface area contributed by atoms with Gasteiger partial charge in [-0.1, -0.05) is 28.1 Å². The summed E-state index contributed by atoms with van der Waals surface area (Å²) >= 11 is 11.1. The average molecular weight is 423 g/mol. The van der Waals surface area contributed by atoms with Crippen LogP contribution < -0.4 is 10.1 Å². The van der Waals surface area contributed by atoms with E-state index >= 15 is 0 Å². The Morgan fingerprint density at radius 2 is 1.96 bits per heavy atom. The van der Waals surface area contributed by atoms with Crippen molar-refractivity contribution in [3.63, 3.8) is 0 Å². The van der Waals surface area contributed by atoms with Crippen LogP contribution in [0.25, 0.3) is 0 Å². The highest BCUT2D eigenvalue weighted by Gasteiger charge is 2.28. The van der Waals surface area contributed by atoms with Crippen LogP contribution in [0.15, 0.2) is 53.0 Å². The second-order valence-corrected chi connectivity index (χ2v) is 7.85. The zero-order chi connectivity index (χ0) is 16.9. The van der Waals surface area contributed by atoms with Crippen molar-refractivity contribution in [1.82, 2.24) is 4.90 Å². The van der Waals surface area contributed by atoms with E-state index in [-0.39, 0.29) is 5.37 Å². The molecule has 0 bridgehead atoms. The average Bonchev–Trinajstić information content (AvgIpc) is 3.07. The van der Waals surface area contributed by atoms with Crippen molar-refractivity contribution >= 4 is 50.7 Å². The van der Waals surface area contributed by atoms with Gasteiger partial charge in [-0.15, -0.1) is 11.8 Å². The molecule has 0 unspecified atom stereocenters. The summed E-state index contributed by atoms with van der Waals surface area (Å²) in [4.78, 5) is 2.25. The first-order chi connectivity index (χ1) is 11.7. The molecule has 6 heteroatoms. The van der Waals surface area contributed by atoms with Gasteiger partial charge in [-0.2, -0.15) is 0 Å². The van der Waals surface area contributed by atoms with E-state index in [1.807, 2.05) is 43.0 Å². The summed E-state index contributed by atoms with van der Waals surface area (Å²) in [6.07, 6.45) is 0. The fraction of sp³-hybridized carbons (Fsp3) is 0.278. The molecule has 1 saturated heterocycles. The topological polar surface area (TPSA) is 24.5 Å². The van der Waals surface area contributed by atoms with Crippen LogP contribution >= 0.6 is 39.9 Å². The third kappa shape index (κ3) is 4.23. The number of ether oxygens (including phenoxy) is 1. The van der Waals surface area contributed by atoms with Crippen molar-refractivity contribution in [1.29, 1.82) is 0 Å². The second kappa shape index (κ2) is 8.23. The van der Waals surface area contributed by atoms with Gasteiger partial charge < -0.3 is 15.0 Å². The SMILES string of the molecule is CCOc1ccc(NC(=S)N2CCS[C@H]2c2ccc(Br)cc2)cc1. The van der Waals surface area contributed by atoms with Crippen molar-refractivity contribution < 1.29 is 4.74 Å². The maximum atomic E-state index is 5.64. The Morgan fingerprint density at radius 1 is 1.25 bits per heavy atom. The summed E-state index contributed by atoms with van der Waals surface area (Å²) < 4.78 is 6.57. The minimum absolute atomic E-state index is 0.265. The van der Waals surface area contributed by atoms with E-state index in [4.69, 9.17) is 17.0 Å². The highest BCUT2D eigenvalue weighted by molar-refractivity contribution is 9.10. The van der Waals surface area contributed by atoms with Crippen LogP contribution in [0.4, 0.5) is 5.69 Å². The monoisotopic (exact) mass is 422 g/mol. The second-order valence-electron chi connectivity index (χ2n) is 5.36. The lowest BCUT2D eigenvalue weighted by Gasteiger charge is -2.27. The summed E-state index contributed by atoms with van der Waals surface area (Å²) in [5, 5.41) is 4.37. The van der Waals surface area contributed by atoms with E-state index in [9.17, 15) is 0 Å². The van der Waals surface area contributed by atoms with Crippen molar-refractivity contribution in [2.75, 3.05) is 24.2 Å². The zero-order valence-corrected chi connectivity index (χ0v) is 16.6. The van der Waals surface area contributed by atoms with E-state index in [1.165, 1.54) is 5.56 Å². The lowest BCUT2D eigenvalue weighted by molar-refractivity contribution is 0.340.